The first-order valence-corrected chi connectivity index (χ1v) is 4.95. The maximum absolute atomic E-state index is 11.6. The van der Waals surface area contributed by atoms with Crippen molar-refractivity contribution in [3.8, 4) is 0 Å². The van der Waals surface area contributed by atoms with Crippen LogP contribution in [0.25, 0.3) is 0 Å². The molecular weight excluding hydrogens is 202 g/mol. The minimum atomic E-state index is -0.122. The summed E-state index contributed by atoms with van der Waals surface area (Å²) in [5.41, 5.74) is 1.45. The quantitative estimate of drug-likeness (QED) is 0.768. The zero-order valence-corrected chi connectivity index (χ0v) is 9.30. The summed E-state index contributed by atoms with van der Waals surface area (Å²) in [6.45, 7) is 3.71. The van der Waals surface area contributed by atoms with Gasteiger partial charge in [0.05, 0.1) is 11.8 Å². The molecule has 0 aliphatic heterocycles. The van der Waals surface area contributed by atoms with Gasteiger partial charge >= 0.3 is 0 Å². The van der Waals surface area contributed by atoms with E-state index >= 15 is 0 Å². The summed E-state index contributed by atoms with van der Waals surface area (Å²) in [4.78, 5) is 11.6. The van der Waals surface area contributed by atoms with Gasteiger partial charge in [-0.15, -0.1) is 11.6 Å². The Balaban J connectivity index is 2.75. The highest BCUT2D eigenvalue weighted by Gasteiger charge is 2.14. The number of amides is 1. The molecule has 1 amide bonds. The number of aryl methyl sites for hydroxylation is 1. The average molecular weight is 216 g/mol. The van der Waals surface area contributed by atoms with Gasteiger partial charge in [-0.3, -0.25) is 9.48 Å². The summed E-state index contributed by atoms with van der Waals surface area (Å²) in [6, 6.07) is -0.0243. The van der Waals surface area contributed by atoms with E-state index in [4.69, 9.17) is 11.6 Å². The van der Waals surface area contributed by atoms with Crippen LogP contribution in [0.5, 0.6) is 0 Å². The fraction of sp³-hybridized carbons (Fsp3) is 0.556. The highest BCUT2D eigenvalue weighted by Crippen LogP contribution is 2.05. The van der Waals surface area contributed by atoms with E-state index in [9.17, 15) is 4.79 Å². The molecule has 1 rings (SSSR count). The van der Waals surface area contributed by atoms with Crippen molar-refractivity contribution in [1.29, 1.82) is 0 Å². The van der Waals surface area contributed by atoms with Crippen molar-refractivity contribution in [3.05, 3.63) is 17.5 Å². The number of rotatable bonds is 3. The summed E-state index contributed by atoms with van der Waals surface area (Å²) in [6.07, 6.45) is 1.56. The Hall–Kier alpha value is -1.03. The number of hydrogen-bond donors (Lipinski definition) is 1. The van der Waals surface area contributed by atoms with Gasteiger partial charge in [-0.2, -0.15) is 5.10 Å². The third-order valence-electron chi connectivity index (χ3n) is 2.09. The largest absolute Gasteiger partial charge is 0.348 e. The van der Waals surface area contributed by atoms with Crippen LogP contribution in [0.2, 0.25) is 0 Å². The molecular formula is C9H14ClN3O. The SMILES string of the molecule is Cc1c(C(=O)NC(C)CCl)cnn1C. The van der Waals surface area contributed by atoms with E-state index in [0.29, 0.717) is 11.4 Å². The Kier molecular flexibility index (Phi) is 3.52. The van der Waals surface area contributed by atoms with Crippen molar-refractivity contribution >= 4 is 17.5 Å². The van der Waals surface area contributed by atoms with E-state index in [1.807, 2.05) is 13.8 Å². The van der Waals surface area contributed by atoms with Crippen LogP contribution in [0, 0.1) is 6.92 Å². The second-order valence-corrected chi connectivity index (χ2v) is 3.60. The van der Waals surface area contributed by atoms with Crippen LogP contribution in [0.1, 0.15) is 23.0 Å². The van der Waals surface area contributed by atoms with E-state index in [1.54, 1.807) is 17.9 Å². The number of hydrogen-bond acceptors (Lipinski definition) is 2. The molecule has 1 unspecified atom stereocenters. The molecule has 14 heavy (non-hydrogen) atoms. The minimum Gasteiger partial charge on any atom is -0.348 e. The summed E-state index contributed by atoms with van der Waals surface area (Å²) < 4.78 is 1.67. The first-order chi connectivity index (χ1) is 6.56. The van der Waals surface area contributed by atoms with Crippen LogP contribution in [-0.2, 0) is 7.05 Å². The van der Waals surface area contributed by atoms with Gasteiger partial charge in [0.2, 0.25) is 0 Å². The topological polar surface area (TPSA) is 46.9 Å². The first kappa shape index (κ1) is 11.0. The number of carbonyl (C=O) groups excluding carboxylic acids is 1. The Labute approximate surface area is 88.2 Å². The molecule has 0 radical (unpaired) electrons. The van der Waals surface area contributed by atoms with Gasteiger partial charge in [0.15, 0.2) is 0 Å². The molecule has 1 heterocycles. The molecule has 0 bridgehead atoms. The Morgan fingerprint density at radius 3 is 2.86 bits per heavy atom. The van der Waals surface area contributed by atoms with Crippen molar-refractivity contribution < 1.29 is 4.79 Å². The second kappa shape index (κ2) is 4.46. The zero-order valence-electron chi connectivity index (χ0n) is 8.54. The van der Waals surface area contributed by atoms with Crippen molar-refractivity contribution in [2.75, 3.05) is 5.88 Å². The van der Waals surface area contributed by atoms with E-state index in [-0.39, 0.29) is 11.9 Å². The molecule has 1 aromatic heterocycles. The predicted octanol–water partition coefficient (Wildman–Crippen LogP) is 1.09. The Morgan fingerprint density at radius 1 is 1.79 bits per heavy atom. The molecule has 0 aliphatic rings. The van der Waals surface area contributed by atoms with Gasteiger partial charge in [0, 0.05) is 24.7 Å². The molecule has 1 aromatic rings. The molecule has 1 N–H and O–H groups in total. The lowest BCUT2D eigenvalue weighted by atomic mass is 10.2. The third kappa shape index (κ3) is 2.26. The fourth-order valence-electron chi connectivity index (χ4n) is 1.06. The second-order valence-electron chi connectivity index (χ2n) is 3.30. The summed E-state index contributed by atoms with van der Waals surface area (Å²) >= 11 is 5.59. The molecule has 0 saturated carbocycles. The molecule has 5 heteroatoms. The van der Waals surface area contributed by atoms with Gasteiger partial charge in [0.25, 0.3) is 5.91 Å². The molecule has 1 atom stereocenters. The van der Waals surface area contributed by atoms with Gasteiger partial charge in [0.1, 0.15) is 0 Å². The smallest absolute Gasteiger partial charge is 0.254 e. The lowest BCUT2D eigenvalue weighted by Crippen LogP contribution is -2.33. The van der Waals surface area contributed by atoms with Gasteiger partial charge in [-0.1, -0.05) is 0 Å². The first-order valence-electron chi connectivity index (χ1n) is 4.41. The van der Waals surface area contributed by atoms with Crippen LogP contribution < -0.4 is 5.32 Å². The van der Waals surface area contributed by atoms with Crippen LogP contribution in [0.4, 0.5) is 0 Å². The lowest BCUT2D eigenvalue weighted by Gasteiger charge is -2.09. The van der Waals surface area contributed by atoms with Crippen molar-refractivity contribution in [2.24, 2.45) is 7.05 Å². The number of aromatic nitrogens is 2. The van der Waals surface area contributed by atoms with Gasteiger partial charge in [-0.25, -0.2) is 0 Å². The van der Waals surface area contributed by atoms with Crippen molar-refractivity contribution in [1.82, 2.24) is 15.1 Å². The van der Waals surface area contributed by atoms with E-state index in [2.05, 4.69) is 10.4 Å². The Bertz CT molecular complexity index is 335. The third-order valence-corrected chi connectivity index (χ3v) is 2.55. The van der Waals surface area contributed by atoms with Crippen molar-refractivity contribution in [3.63, 3.8) is 0 Å². The van der Waals surface area contributed by atoms with Gasteiger partial charge in [-0.05, 0) is 13.8 Å². The summed E-state index contributed by atoms with van der Waals surface area (Å²) in [7, 11) is 1.80. The molecule has 0 saturated heterocycles. The normalized spacial score (nSPS) is 12.6. The molecule has 4 nitrogen and oxygen atoms in total. The van der Waals surface area contributed by atoms with E-state index in [0.717, 1.165) is 5.69 Å². The molecule has 78 valence electrons. The van der Waals surface area contributed by atoms with E-state index < -0.39 is 0 Å². The summed E-state index contributed by atoms with van der Waals surface area (Å²) in [5, 5.41) is 6.77. The molecule has 0 spiro atoms. The standard InChI is InChI=1S/C9H14ClN3O/c1-6(4-10)12-9(14)8-5-11-13(3)7(8)2/h5-6H,4H2,1-3H3,(H,12,14). The maximum atomic E-state index is 11.6. The van der Waals surface area contributed by atoms with Crippen LogP contribution in [0.3, 0.4) is 0 Å². The maximum Gasteiger partial charge on any atom is 0.254 e. The minimum absolute atomic E-state index is 0.0243. The highest BCUT2D eigenvalue weighted by atomic mass is 35.5. The van der Waals surface area contributed by atoms with Crippen LogP contribution >= 0.6 is 11.6 Å². The van der Waals surface area contributed by atoms with Crippen LogP contribution in [-0.4, -0.2) is 27.6 Å². The van der Waals surface area contributed by atoms with Gasteiger partial charge < -0.3 is 5.32 Å². The molecule has 0 aromatic carbocycles. The number of nitrogens with zero attached hydrogens (tertiary/aromatic N) is 2. The zero-order chi connectivity index (χ0) is 10.7. The fourth-order valence-corrected chi connectivity index (χ4v) is 1.14. The average Bonchev–Trinajstić information content (AvgIpc) is 2.47. The monoisotopic (exact) mass is 215 g/mol. The number of alkyl halides is 1. The number of nitrogens with one attached hydrogen (secondary N) is 1. The lowest BCUT2D eigenvalue weighted by molar-refractivity contribution is 0.0943. The van der Waals surface area contributed by atoms with Crippen molar-refractivity contribution in [2.45, 2.75) is 19.9 Å². The predicted molar refractivity (Wildman–Crippen MR) is 55.6 cm³/mol. The molecule has 0 aliphatic carbocycles. The Morgan fingerprint density at radius 2 is 2.43 bits per heavy atom. The number of carbonyl (C=O) groups is 1. The highest BCUT2D eigenvalue weighted by molar-refractivity contribution is 6.18. The number of halogens is 1. The van der Waals surface area contributed by atoms with Crippen LogP contribution in [0.15, 0.2) is 6.20 Å². The summed E-state index contributed by atoms with van der Waals surface area (Å²) in [5.74, 6) is 0.286. The molecule has 0 fully saturated rings. The van der Waals surface area contributed by atoms with E-state index in [1.165, 1.54) is 0 Å².